The summed E-state index contributed by atoms with van der Waals surface area (Å²) in [7, 11) is -1.20. The van der Waals surface area contributed by atoms with Gasteiger partial charge in [0.05, 0.1) is 42.9 Å². The topological polar surface area (TPSA) is 135 Å². The van der Waals surface area contributed by atoms with Crippen LogP contribution in [0.3, 0.4) is 0 Å². The van der Waals surface area contributed by atoms with Crippen LogP contribution in [0.5, 0.6) is 0 Å². The number of fused-ring (bicyclic) bond motifs is 5. The number of carbonyl (C=O) groups excluding carboxylic acids is 4. The molecule has 0 saturated carbocycles. The first-order chi connectivity index (χ1) is 23.6. The van der Waals surface area contributed by atoms with Crippen LogP contribution in [0.2, 0.25) is 0 Å². The van der Waals surface area contributed by atoms with E-state index >= 15 is 0 Å². The molecule has 1 aromatic heterocycles. The van der Waals surface area contributed by atoms with Gasteiger partial charge in [0.25, 0.3) is 0 Å². The van der Waals surface area contributed by atoms with Gasteiger partial charge in [-0.3, -0.25) is 28.7 Å². The first-order valence-corrected chi connectivity index (χ1v) is 20.0. The fourth-order valence-corrected chi connectivity index (χ4v) is 9.42. The zero-order valence-corrected chi connectivity index (χ0v) is 30.4. The van der Waals surface area contributed by atoms with E-state index < -0.39 is 7.29 Å². The van der Waals surface area contributed by atoms with Gasteiger partial charge in [0, 0.05) is 62.7 Å². The molecular formula is C35H45N6O6PS. The summed E-state index contributed by atoms with van der Waals surface area (Å²) < 4.78 is 23.9. The van der Waals surface area contributed by atoms with Crippen molar-refractivity contribution in [1.82, 2.24) is 24.6 Å². The first-order valence-electron chi connectivity index (χ1n) is 16.7. The molecule has 2 aliphatic rings. The molecule has 0 spiro atoms. The molecule has 2 aromatic carbocycles. The number of rotatable bonds is 16. The van der Waals surface area contributed by atoms with E-state index in [1.807, 2.05) is 59.5 Å². The van der Waals surface area contributed by atoms with Crippen molar-refractivity contribution in [3.63, 3.8) is 0 Å². The third kappa shape index (κ3) is 8.23. The third-order valence-electron chi connectivity index (χ3n) is 9.31. The number of nitrogens with zero attached hydrogens (tertiary/aromatic N) is 6. The largest absolute Gasteiger partial charge is 0.379 e. The van der Waals surface area contributed by atoms with Crippen molar-refractivity contribution >= 4 is 48.2 Å². The van der Waals surface area contributed by atoms with Crippen molar-refractivity contribution in [2.45, 2.75) is 57.9 Å². The van der Waals surface area contributed by atoms with Gasteiger partial charge in [-0.2, -0.15) is 11.8 Å². The van der Waals surface area contributed by atoms with Gasteiger partial charge in [0.1, 0.15) is 11.5 Å². The Kier molecular flexibility index (Phi) is 12.2. The van der Waals surface area contributed by atoms with Gasteiger partial charge in [-0.15, -0.1) is 5.10 Å². The lowest BCUT2D eigenvalue weighted by Crippen LogP contribution is -2.34. The second-order valence-corrected chi connectivity index (χ2v) is 16.7. The molecule has 2 unspecified atom stereocenters. The summed E-state index contributed by atoms with van der Waals surface area (Å²) in [6.45, 7) is 5.41. The molecule has 0 bridgehead atoms. The van der Waals surface area contributed by atoms with E-state index in [4.69, 9.17) is 4.74 Å². The van der Waals surface area contributed by atoms with E-state index in [-0.39, 0.29) is 67.1 Å². The van der Waals surface area contributed by atoms with Crippen LogP contribution in [0, 0.1) is 0 Å². The summed E-state index contributed by atoms with van der Waals surface area (Å²) in [5.74, 6) is -0.324. The fraction of sp³-hybridized carbons (Fsp3) is 0.486. The lowest BCUT2D eigenvalue weighted by molar-refractivity contribution is -0.138. The average Bonchev–Trinajstić information content (AvgIpc) is 3.63. The van der Waals surface area contributed by atoms with Crippen molar-refractivity contribution in [2.24, 2.45) is 0 Å². The third-order valence-corrected chi connectivity index (χ3v) is 13.5. The monoisotopic (exact) mass is 708 g/mol. The molecule has 14 heteroatoms. The number of ether oxygens (including phenoxy) is 1. The maximum Gasteiger partial charge on any atom is 0.242 e. The molecule has 2 aliphatic heterocycles. The van der Waals surface area contributed by atoms with Crippen LogP contribution in [-0.4, -0.2) is 105 Å². The van der Waals surface area contributed by atoms with Crippen molar-refractivity contribution in [2.75, 3.05) is 56.8 Å². The zero-order valence-electron chi connectivity index (χ0n) is 28.7. The second-order valence-electron chi connectivity index (χ2n) is 12.4. The Balaban J connectivity index is 1.25. The number of carbonyl (C=O) groups is 4. The van der Waals surface area contributed by atoms with Gasteiger partial charge in [-0.05, 0) is 31.4 Å². The molecule has 0 aliphatic carbocycles. The van der Waals surface area contributed by atoms with Gasteiger partial charge >= 0.3 is 0 Å². The van der Waals surface area contributed by atoms with Crippen LogP contribution in [0.4, 0.5) is 5.69 Å². The van der Waals surface area contributed by atoms with Crippen molar-refractivity contribution in [1.29, 1.82) is 0 Å². The molecule has 262 valence electrons. The van der Waals surface area contributed by atoms with Crippen LogP contribution >= 0.6 is 19.1 Å². The number of anilines is 1. The van der Waals surface area contributed by atoms with Crippen LogP contribution in [0.1, 0.15) is 45.1 Å². The molecule has 5 rings (SSSR count). The number of likely N-dealkylation sites (tertiary alicyclic amines) is 1. The molecule has 1 fully saturated rings. The lowest BCUT2D eigenvalue weighted by atomic mass is 9.95. The molecule has 12 nitrogen and oxygen atoms in total. The molecule has 3 aromatic rings. The maximum atomic E-state index is 14.3. The maximum absolute atomic E-state index is 14.3. The highest BCUT2D eigenvalue weighted by Gasteiger charge is 2.38. The number of hydrogen-bond acceptors (Lipinski definition) is 9. The summed E-state index contributed by atoms with van der Waals surface area (Å²) in [5.41, 5.74) is 5.04. The molecule has 3 heterocycles. The fourth-order valence-electron chi connectivity index (χ4n) is 6.35. The lowest BCUT2D eigenvalue weighted by Gasteiger charge is -2.29. The average molecular weight is 709 g/mol. The second kappa shape index (κ2) is 16.4. The van der Waals surface area contributed by atoms with Gasteiger partial charge in [-0.1, -0.05) is 54.6 Å². The first kappa shape index (κ1) is 36.6. The van der Waals surface area contributed by atoms with E-state index in [9.17, 15) is 23.7 Å². The van der Waals surface area contributed by atoms with E-state index in [0.717, 1.165) is 28.1 Å². The van der Waals surface area contributed by atoms with E-state index in [0.29, 0.717) is 44.8 Å². The van der Waals surface area contributed by atoms with E-state index in [2.05, 4.69) is 10.3 Å². The molecule has 49 heavy (non-hydrogen) atoms. The number of hydrogen-bond donors (Lipinski definition) is 0. The zero-order chi connectivity index (χ0) is 35.1. The standard InChI is InChI=1S/C35H45N6O6PS/c1-5-27(43)15-21-48(46,38(3)16-10-17-39-32(44)23-31(49-4)35(39)45)22-20-47-19-18-41-34-28-12-7-6-11-26(28)24-40(25(2)42)30-14-9-8-13-29(30)33(34)36-37-41/h6-9,11-14,31H,5,10,15-24H2,1-4H3. The number of ketones is 1. The predicted octanol–water partition coefficient (Wildman–Crippen LogP) is 4.95. The van der Waals surface area contributed by atoms with E-state index in [1.165, 1.54) is 16.7 Å². The van der Waals surface area contributed by atoms with Gasteiger partial charge in [0.15, 0.2) is 7.29 Å². The summed E-state index contributed by atoms with van der Waals surface area (Å²) >= 11 is 1.38. The summed E-state index contributed by atoms with van der Waals surface area (Å²) in [6.07, 6.45) is 3.67. The summed E-state index contributed by atoms with van der Waals surface area (Å²) in [4.78, 5) is 52.8. The minimum Gasteiger partial charge on any atom is -0.379 e. The smallest absolute Gasteiger partial charge is 0.242 e. The number of amides is 3. The van der Waals surface area contributed by atoms with Gasteiger partial charge < -0.3 is 14.2 Å². The Hall–Kier alpha value is -3.64. The van der Waals surface area contributed by atoms with Crippen molar-refractivity contribution < 1.29 is 28.5 Å². The van der Waals surface area contributed by atoms with Crippen LogP contribution in [0.25, 0.3) is 22.5 Å². The van der Waals surface area contributed by atoms with Gasteiger partial charge in [-0.25, -0.2) is 4.68 Å². The minimum absolute atomic E-state index is 0.0573. The number of benzene rings is 2. The SMILES string of the molecule is CCC(=O)CCP(=O)(CCOCCn1nnc2c1-c1ccccc1CN(C(C)=O)c1ccccc1-2)N(C)CCCN1C(=O)CC(SC)C1=O. The van der Waals surface area contributed by atoms with Crippen molar-refractivity contribution in [3.8, 4) is 22.5 Å². The number of imide groups is 1. The molecule has 0 radical (unpaired) electrons. The minimum atomic E-state index is -2.98. The molecular weight excluding hydrogens is 663 g/mol. The van der Waals surface area contributed by atoms with Crippen LogP contribution in [0.15, 0.2) is 48.5 Å². The molecule has 1 saturated heterocycles. The van der Waals surface area contributed by atoms with Crippen molar-refractivity contribution in [3.05, 3.63) is 54.1 Å². The molecule has 3 amide bonds. The highest BCUT2D eigenvalue weighted by Crippen LogP contribution is 2.49. The Bertz CT molecular complexity index is 1750. The Morgan fingerprint density at radius 3 is 2.49 bits per heavy atom. The number of Topliss-reactive ketones (excluding diaryl/α,β-unsaturated/α-hetero) is 1. The van der Waals surface area contributed by atoms with E-state index in [1.54, 1.807) is 30.5 Å². The van der Waals surface area contributed by atoms with Crippen LogP contribution < -0.4 is 4.90 Å². The number of para-hydroxylation sites is 1. The quantitative estimate of drug-likeness (QED) is 0.114. The van der Waals surface area contributed by atoms with Gasteiger partial charge in [0.2, 0.25) is 17.7 Å². The highest BCUT2D eigenvalue weighted by atomic mass is 32.2. The van der Waals surface area contributed by atoms with Crippen LogP contribution in [-0.2, 0) is 41.6 Å². The Morgan fingerprint density at radius 2 is 1.78 bits per heavy atom. The Morgan fingerprint density at radius 1 is 1.04 bits per heavy atom. The highest BCUT2D eigenvalue weighted by molar-refractivity contribution is 8.00. The number of thioether (sulfide) groups is 1. The Labute approximate surface area is 292 Å². The number of aromatic nitrogens is 3. The molecule has 0 N–H and O–H groups in total. The predicted molar refractivity (Wildman–Crippen MR) is 192 cm³/mol. The summed E-state index contributed by atoms with van der Waals surface area (Å²) in [6, 6.07) is 15.6. The normalized spacial score (nSPS) is 17.0. The molecule has 2 atom stereocenters. The summed E-state index contributed by atoms with van der Waals surface area (Å²) in [5, 5.41) is 8.74.